The Morgan fingerprint density at radius 2 is 2.10 bits per heavy atom. The van der Waals surface area contributed by atoms with E-state index in [-0.39, 0.29) is 5.56 Å². The van der Waals surface area contributed by atoms with Crippen LogP contribution in [0.3, 0.4) is 0 Å². The number of allylic oxidation sites excluding steroid dienone is 1. The molecule has 0 bridgehead atoms. The number of aliphatic imine (C=N–C) groups is 1. The highest BCUT2D eigenvalue weighted by Crippen LogP contribution is 2.47. The molecule has 2 unspecified atom stereocenters. The van der Waals surface area contributed by atoms with Crippen LogP contribution in [0.5, 0.6) is 0 Å². The van der Waals surface area contributed by atoms with Crippen molar-refractivity contribution in [2.75, 3.05) is 0 Å². The smallest absolute Gasteiger partial charge is 0.271 e. The number of rotatable bonds is 2. The number of hydrogen-bond acceptors (Lipinski definition) is 2. The van der Waals surface area contributed by atoms with Crippen molar-refractivity contribution in [3.8, 4) is 0 Å². The lowest BCUT2D eigenvalue weighted by Crippen LogP contribution is -2.02. The van der Waals surface area contributed by atoms with Gasteiger partial charge in [-0.3, -0.25) is 14.9 Å². The summed E-state index contributed by atoms with van der Waals surface area (Å²) in [4.78, 5) is 16.4. The monoisotopic (exact) mass is 265 g/mol. The third-order valence-corrected chi connectivity index (χ3v) is 4.18. The number of hydrogen-bond donors (Lipinski definition) is 2. The molecule has 4 rings (SSSR count). The summed E-state index contributed by atoms with van der Waals surface area (Å²) in [7, 11) is 0. The Morgan fingerprint density at radius 3 is 2.90 bits per heavy atom. The Balaban J connectivity index is 1.81. The number of fused-ring (bicyclic) bond motifs is 1. The van der Waals surface area contributed by atoms with Crippen LogP contribution in [0, 0.1) is 5.92 Å². The van der Waals surface area contributed by atoms with Gasteiger partial charge < -0.3 is 5.10 Å². The molecule has 2 atom stereocenters. The van der Waals surface area contributed by atoms with Crippen LogP contribution >= 0.6 is 0 Å². The van der Waals surface area contributed by atoms with E-state index in [1.807, 2.05) is 36.6 Å². The zero-order valence-electron chi connectivity index (χ0n) is 11.2. The van der Waals surface area contributed by atoms with E-state index in [0.717, 1.165) is 34.5 Å². The second-order valence-corrected chi connectivity index (χ2v) is 5.60. The van der Waals surface area contributed by atoms with Crippen molar-refractivity contribution in [1.82, 2.24) is 10.2 Å². The van der Waals surface area contributed by atoms with Crippen LogP contribution in [0.2, 0.25) is 0 Å². The van der Waals surface area contributed by atoms with Gasteiger partial charge in [-0.05, 0) is 24.5 Å². The van der Waals surface area contributed by atoms with Gasteiger partial charge in [0, 0.05) is 29.0 Å². The molecule has 1 saturated carbocycles. The SMILES string of the molecule is CC1CC1c1[nH][nH]c(=O)c1C=C1C=Nc2ccccc21. The van der Waals surface area contributed by atoms with Crippen molar-refractivity contribution in [1.29, 1.82) is 0 Å². The Morgan fingerprint density at radius 1 is 1.30 bits per heavy atom. The van der Waals surface area contributed by atoms with E-state index in [2.05, 4.69) is 22.1 Å². The molecular weight excluding hydrogens is 250 g/mol. The van der Waals surface area contributed by atoms with Crippen molar-refractivity contribution >= 4 is 23.6 Å². The molecule has 1 aliphatic heterocycles. The number of aromatic amines is 2. The first-order valence-electron chi connectivity index (χ1n) is 6.90. The Bertz CT molecular complexity index is 794. The molecule has 1 fully saturated rings. The summed E-state index contributed by atoms with van der Waals surface area (Å²) in [5.41, 5.74) is 4.78. The van der Waals surface area contributed by atoms with Crippen molar-refractivity contribution in [2.24, 2.45) is 10.9 Å². The highest BCUT2D eigenvalue weighted by molar-refractivity contribution is 6.21. The van der Waals surface area contributed by atoms with Crippen LogP contribution in [0.25, 0.3) is 11.6 Å². The lowest BCUT2D eigenvalue weighted by atomic mass is 10.0. The second-order valence-electron chi connectivity index (χ2n) is 5.60. The summed E-state index contributed by atoms with van der Waals surface area (Å²) >= 11 is 0. The van der Waals surface area contributed by atoms with Crippen LogP contribution in [-0.2, 0) is 0 Å². The molecule has 100 valence electrons. The average Bonchev–Trinajstić information content (AvgIpc) is 2.89. The Kier molecular flexibility index (Phi) is 2.33. The molecule has 2 N–H and O–H groups in total. The predicted octanol–water partition coefficient (Wildman–Crippen LogP) is 3.08. The number of nitrogens with zero attached hydrogens (tertiary/aromatic N) is 1. The van der Waals surface area contributed by atoms with Crippen LogP contribution in [0.15, 0.2) is 34.1 Å². The number of nitrogens with one attached hydrogen (secondary N) is 2. The maximum Gasteiger partial charge on any atom is 0.271 e. The largest absolute Gasteiger partial charge is 0.301 e. The fourth-order valence-corrected chi connectivity index (χ4v) is 2.85. The fourth-order valence-electron chi connectivity index (χ4n) is 2.85. The third-order valence-electron chi connectivity index (χ3n) is 4.18. The first-order valence-corrected chi connectivity index (χ1v) is 6.90. The molecule has 1 aliphatic carbocycles. The normalized spacial score (nSPS) is 25.1. The highest BCUT2D eigenvalue weighted by Gasteiger charge is 2.37. The molecule has 2 aromatic rings. The molecule has 0 amide bonds. The van der Waals surface area contributed by atoms with Gasteiger partial charge in [-0.2, -0.15) is 0 Å². The van der Waals surface area contributed by atoms with Gasteiger partial charge in [0.15, 0.2) is 0 Å². The molecular formula is C16H15N3O. The molecule has 0 spiro atoms. The summed E-state index contributed by atoms with van der Waals surface area (Å²) in [5, 5.41) is 5.75. The van der Waals surface area contributed by atoms with Crippen LogP contribution in [-0.4, -0.2) is 16.4 Å². The molecule has 0 saturated heterocycles. The van der Waals surface area contributed by atoms with Gasteiger partial charge in [0.05, 0.1) is 11.3 Å². The average molecular weight is 265 g/mol. The molecule has 20 heavy (non-hydrogen) atoms. The number of para-hydroxylation sites is 1. The van der Waals surface area contributed by atoms with Gasteiger partial charge in [0.25, 0.3) is 5.56 Å². The lowest BCUT2D eigenvalue weighted by molar-refractivity contribution is 0.869. The van der Waals surface area contributed by atoms with Gasteiger partial charge in [0.2, 0.25) is 0 Å². The van der Waals surface area contributed by atoms with E-state index >= 15 is 0 Å². The van der Waals surface area contributed by atoms with E-state index in [4.69, 9.17) is 0 Å². The fraction of sp³-hybridized carbons (Fsp3) is 0.250. The summed E-state index contributed by atoms with van der Waals surface area (Å²) in [6.45, 7) is 2.21. The maximum atomic E-state index is 12.0. The second kappa shape index (κ2) is 4.07. The predicted molar refractivity (Wildman–Crippen MR) is 80.4 cm³/mol. The van der Waals surface area contributed by atoms with Crippen molar-refractivity contribution < 1.29 is 0 Å². The van der Waals surface area contributed by atoms with Gasteiger partial charge in [-0.15, -0.1) is 0 Å². The third kappa shape index (κ3) is 1.68. The van der Waals surface area contributed by atoms with Crippen molar-refractivity contribution in [3.05, 3.63) is 51.4 Å². The summed E-state index contributed by atoms with van der Waals surface area (Å²) in [6.07, 6.45) is 4.93. The minimum absolute atomic E-state index is 0.0515. The molecule has 0 radical (unpaired) electrons. The van der Waals surface area contributed by atoms with E-state index in [9.17, 15) is 4.79 Å². The first-order chi connectivity index (χ1) is 9.74. The van der Waals surface area contributed by atoms with Crippen LogP contribution in [0.4, 0.5) is 5.69 Å². The summed E-state index contributed by atoms with van der Waals surface area (Å²) in [5.74, 6) is 1.14. The summed E-state index contributed by atoms with van der Waals surface area (Å²) in [6, 6.07) is 7.98. The first kappa shape index (κ1) is 11.5. The molecule has 4 nitrogen and oxygen atoms in total. The zero-order valence-corrected chi connectivity index (χ0v) is 11.2. The van der Waals surface area contributed by atoms with E-state index < -0.39 is 0 Å². The van der Waals surface area contributed by atoms with Gasteiger partial charge in [-0.25, -0.2) is 0 Å². The number of benzene rings is 1. The quantitative estimate of drug-likeness (QED) is 0.861. The minimum Gasteiger partial charge on any atom is -0.301 e. The van der Waals surface area contributed by atoms with Gasteiger partial charge in [0.1, 0.15) is 0 Å². The topological polar surface area (TPSA) is 61.0 Å². The minimum atomic E-state index is -0.0515. The van der Waals surface area contributed by atoms with Gasteiger partial charge in [-0.1, -0.05) is 25.1 Å². The van der Waals surface area contributed by atoms with Crippen LogP contribution < -0.4 is 5.56 Å². The lowest BCUT2D eigenvalue weighted by Gasteiger charge is -2.00. The number of aromatic nitrogens is 2. The van der Waals surface area contributed by atoms with Gasteiger partial charge >= 0.3 is 0 Å². The molecule has 2 heterocycles. The van der Waals surface area contributed by atoms with Crippen molar-refractivity contribution in [3.63, 3.8) is 0 Å². The maximum absolute atomic E-state index is 12.0. The summed E-state index contributed by atoms with van der Waals surface area (Å²) < 4.78 is 0. The van der Waals surface area contributed by atoms with E-state index in [1.54, 1.807) is 0 Å². The van der Waals surface area contributed by atoms with Crippen LogP contribution in [0.1, 0.15) is 36.1 Å². The number of H-pyrrole nitrogens is 2. The molecule has 1 aromatic carbocycles. The van der Waals surface area contributed by atoms with E-state index in [0.29, 0.717) is 11.8 Å². The standard InChI is InChI=1S/C16H15N3O/c1-9-6-12(9)15-13(16(20)19-18-15)7-10-8-17-14-5-3-2-4-11(10)14/h2-5,7-9,12H,6H2,1H3,(H2,18,19,20). The Labute approximate surface area is 116 Å². The highest BCUT2D eigenvalue weighted by atomic mass is 16.1. The molecule has 4 heteroatoms. The molecule has 1 aromatic heterocycles. The molecule has 2 aliphatic rings. The van der Waals surface area contributed by atoms with E-state index in [1.165, 1.54) is 0 Å². The Hall–Kier alpha value is -2.36. The van der Waals surface area contributed by atoms with Crippen molar-refractivity contribution in [2.45, 2.75) is 19.3 Å². The zero-order chi connectivity index (χ0) is 13.7.